The van der Waals surface area contributed by atoms with E-state index < -0.39 is 61.8 Å². The molecule has 0 amide bonds. The fourth-order valence-corrected chi connectivity index (χ4v) is 6.67. The van der Waals surface area contributed by atoms with E-state index >= 15 is 0 Å². The summed E-state index contributed by atoms with van der Waals surface area (Å²) in [6.07, 6.45) is 17.6. The molecule has 0 aromatic carbocycles. The highest BCUT2D eigenvalue weighted by Gasteiger charge is 2.63. The second-order valence-electron chi connectivity index (χ2n) is 11.2. The van der Waals surface area contributed by atoms with Crippen molar-refractivity contribution < 1.29 is 35.7 Å². The molecule has 1 rings (SSSR count). The van der Waals surface area contributed by atoms with E-state index in [2.05, 4.69) is 0 Å². The van der Waals surface area contributed by atoms with Gasteiger partial charge in [-0.3, -0.25) is 0 Å². The van der Waals surface area contributed by atoms with Gasteiger partial charge in [0.15, 0.2) is 0 Å². The second-order valence-corrected chi connectivity index (χ2v) is 11.2. The van der Waals surface area contributed by atoms with Crippen molar-refractivity contribution in [3.8, 4) is 0 Å². The maximum Gasteiger partial charge on any atom is 0.0523 e. The van der Waals surface area contributed by atoms with Crippen molar-refractivity contribution in [1.82, 2.24) is 0 Å². The van der Waals surface area contributed by atoms with Crippen molar-refractivity contribution >= 4 is 0 Å². The van der Waals surface area contributed by atoms with Crippen LogP contribution in [0.2, 0.25) is 0 Å². The van der Waals surface area contributed by atoms with E-state index in [1.165, 1.54) is 51.4 Å². The molecule has 0 spiro atoms. The highest BCUT2D eigenvalue weighted by Crippen LogP contribution is 2.57. The lowest BCUT2D eigenvalue weighted by molar-refractivity contribution is -0.234. The Bertz CT molecular complexity index is 502. The molecule has 0 heterocycles. The zero-order valence-corrected chi connectivity index (χ0v) is 22.2. The molecule has 0 saturated heterocycles. The van der Waals surface area contributed by atoms with Crippen LogP contribution in [0, 0.1) is 22.2 Å². The summed E-state index contributed by atoms with van der Waals surface area (Å²) in [6, 6.07) is 0. The molecular formula is C28H56O7. The van der Waals surface area contributed by atoms with Crippen molar-refractivity contribution in [3.05, 3.63) is 0 Å². The first-order chi connectivity index (χ1) is 17.0. The Hall–Kier alpha value is -0.280. The number of hydrogen-bond donors (Lipinski definition) is 7. The highest BCUT2D eigenvalue weighted by molar-refractivity contribution is 5.10. The molecule has 210 valence electrons. The molecule has 1 atom stereocenters. The van der Waals surface area contributed by atoms with Gasteiger partial charge in [0, 0.05) is 22.9 Å². The van der Waals surface area contributed by atoms with Crippen LogP contribution >= 0.6 is 0 Å². The molecule has 1 fully saturated rings. The quantitative estimate of drug-likeness (QED) is 0.282. The van der Waals surface area contributed by atoms with Gasteiger partial charge in [-0.25, -0.2) is 0 Å². The van der Waals surface area contributed by atoms with Crippen molar-refractivity contribution in [1.29, 1.82) is 0 Å². The van der Waals surface area contributed by atoms with Gasteiger partial charge in [0.2, 0.25) is 0 Å². The van der Waals surface area contributed by atoms with Crippen LogP contribution < -0.4 is 0 Å². The van der Waals surface area contributed by atoms with E-state index in [0.717, 1.165) is 38.5 Å². The molecule has 7 N–H and O–H groups in total. The lowest BCUT2D eigenvalue weighted by Crippen LogP contribution is -2.66. The molecule has 35 heavy (non-hydrogen) atoms. The van der Waals surface area contributed by atoms with E-state index in [1.807, 2.05) is 0 Å². The lowest BCUT2D eigenvalue weighted by Gasteiger charge is -2.59. The largest absolute Gasteiger partial charge is 0.396 e. The first-order valence-electron chi connectivity index (χ1n) is 14.3. The van der Waals surface area contributed by atoms with Gasteiger partial charge >= 0.3 is 0 Å². The fraction of sp³-hybridized carbons (Fsp3) is 1.00. The van der Waals surface area contributed by atoms with E-state index in [9.17, 15) is 35.7 Å². The van der Waals surface area contributed by atoms with Crippen molar-refractivity contribution in [3.63, 3.8) is 0 Å². The third kappa shape index (κ3) is 8.10. The topological polar surface area (TPSA) is 142 Å². The smallest absolute Gasteiger partial charge is 0.0523 e. The van der Waals surface area contributed by atoms with Gasteiger partial charge in [0.25, 0.3) is 0 Å². The molecule has 1 aliphatic carbocycles. The van der Waals surface area contributed by atoms with Gasteiger partial charge in [-0.05, 0) is 18.8 Å². The first kappa shape index (κ1) is 32.7. The normalized spacial score (nSPS) is 26.0. The summed E-state index contributed by atoms with van der Waals surface area (Å²) in [4.78, 5) is 0. The van der Waals surface area contributed by atoms with Gasteiger partial charge in [0.1, 0.15) is 0 Å². The van der Waals surface area contributed by atoms with Crippen molar-refractivity contribution in [2.45, 2.75) is 109 Å². The number of hydrogen-bond acceptors (Lipinski definition) is 7. The first-order valence-corrected chi connectivity index (χ1v) is 14.3. The Labute approximate surface area is 213 Å². The van der Waals surface area contributed by atoms with Crippen LogP contribution in [-0.2, 0) is 0 Å². The fourth-order valence-electron chi connectivity index (χ4n) is 6.67. The van der Waals surface area contributed by atoms with E-state index in [1.54, 1.807) is 0 Å². The Balaban J connectivity index is 3.26. The maximum absolute atomic E-state index is 10.7. The molecule has 0 radical (unpaired) electrons. The summed E-state index contributed by atoms with van der Waals surface area (Å²) in [5.74, 6) is -0.594. The third-order valence-electron chi connectivity index (χ3n) is 9.39. The summed E-state index contributed by atoms with van der Waals surface area (Å²) in [7, 11) is 0. The predicted molar refractivity (Wildman–Crippen MR) is 139 cm³/mol. The molecule has 0 aliphatic heterocycles. The lowest BCUT2D eigenvalue weighted by atomic mass is 9.46. The number of aliphatic hydroxyl groups excluding tert-OH is 7. The van der Waals surface area contributed by atoms with Gasteiger partial charge < -0.3 is 35.7 Å². The Kier molecular flexibility index (Phi) is 16.9. The van der Waals surface area contributed by atoms with E-state index in [4.69, 9.17) is 0 Å². The molecule has 1 unspecified atom stereocenters. The molecule has 0 bridgehead atoms. The minimum atomic E-state index is -1.57. The van der Waals surface area contributed by atoms with Gasteiger partial charge in [0.05, 0.1) is 39.6 Å². The summed E-state index contributed by atoms with van der Waals surface area (Å²) < 4.78 is 0. The summed E-state index contributed by atoms with van der Waals surface area (Å²) in [5, 5.41) is 74.2. The average molecular weight is 505 g/mol. The zero-order valence-electron chi connectivity index (χ0n) is 22.2. The average Bonchev–Trinajstić information content (AvgIpc) is 2.89. The maximum atomic E-state index is 10.7. The Morgan fingerprint density at radius 2 is 0.800 bits per heavy atom. The van der Waals surface area contributed by atoms with Crippen LogP contribution in [0.25, 0.3) is 0 Å². The Morgan fingerprint density at radius 3 is 1.11 bits per heavy atom. The SMILES string of the molecule is OCC1CCCCCCCCCCCCCCCCCC(CO)(CO)C(CO)(CO)C1(CO)CO. The molecule has 0 aromatic rings. The molecule has 7 heteroatoms. The van der Waals surface area contributed by atoms with Gasteiger partial charge in [-0.15, -0.1) is 0 Å². The minimum Gasteiger partial charge on any atom is -0.396 e. The molecule has 1 aliphatic rings. The number of aliphatic hydroxyl groups is 7. The van der Waals surface area contributed by atoms with Crippen LogP contribution in [0.5, 0.6) is 0 Å². The van der Waals surface area contributed by atoms with Crippen LogP contribution in [0.1, 0.15) is 109 Å². The zero-order chi connectivity index (χ0) is 26.0. The number of rotatable bonds is 7. The van der Waals surface area contributed by atoms with Crippen molar-refractivity contribution in [2.24, 2.45) is 22.2 Å². The molecule has 7 nitrogen and oxygen atoms in total. The van der Waals surface area contributed by atoms with Crippen LogP contribution in [0.15, 0.2) is 0 Å². The standard InChI is InChI=1S/C28H56O7/c29-18-25-16-14-12-10-8-6-4-2-1-3-5-7-9-11-13-15-17-26(19-30,20-31)28(23-34,24-35)27(25,21-32)22-33/h25,29-35H,1-24H2. The van der Waals surface area contributed by atoms with Gasteiger partial charge in [-0.1, -0.05) is 96.3 Å². The summed E-state index contributed by atoms with van der Waals surface area (Å²) >= 11 is 0. The van der Waals surface area contributed by atoms with E-state index in [0.29, 0.717) is 19.3 Å². The monoisotopic (exact) mass is 504 g/mol. The second kappa shape index (κ2) is 18.1. The molecule has 0 aromatic heterocycles. The van der Waals surface area contributed by atoms with E-state index in [-0.39, 0.29) is 6.61 Å². The summed E-state index contributed by atoms with van der Waals surface area (Å²) in [6.45, 7) is -3.70. The predicted octanol–water partition coefficient (Wildman–Crippen LogP) is 3.15. The van der Waals surface area contributed by atoms with Gasteiger partial charge in [-0.2, -0.15) is 0 Å². The summed E-state index contributed by atoms with van der Waals surface area (Å²) in [5.41, 5.74) is -4.34. The van der Waals surface area contributed by atoms with Crippen LogP contribution in [0.3, 0.4) is 0 Å². The molecule has 1 saturated carbocycles. The van der Waals surface area contributed by atoms with Crippen LogP contribution in [0.4, 0.5) is 0 Å². The van der Waals surface area contributed by atoms with Crippen molar-refractivity contribution in [2.75, 3.05) is 46.2 Å². The Morgan fingerprint density at radius 1 is 0.429 bits per heavy atom. The highest BCUT2D eigenvalue weighted by atomic mass is 16.3. The molecular weight excluding hydrogens is 448 g/mol. The minimum absolute atomic E-state index is 0.324. The van der Waals surface area contributed by atoms with Crippen LogP contribution in [-0.4, -0.2) is 82.0 Å². The third-order valence-corrected chi connectivity index (χ3v) is 9.39.